The van der Waals surface area contributed by atoms with Gasteiger partial charge in [-0.3, -0.25) is 25.2 Å². The largest absolute Gasteiger partial charge is 0.493 e. The first-order valence-corrected chi connectivity index (χ1v) is 16.3. The number of nitrogens with one attached hydrogen (secondary N) is 2. The van der Waals surface area contributed by atoms with Gasteiger partial charge in [0.25, 0.3) is 5.56 Å². The number of rotatable bonds is 17. The van der Waals surface area contributed by atoms with Crippen LogP contribution in [0.4, 0.5) is 0 Å². The predicted molar refractivity (Wildman–Crippen MR) is 177 cm³/mol. The number of aliphatic hydroxyl groups is 3. The van der Waals surface area contributed by atoms with Gasteiger partial charge in [0.15, 0.2) is 17.8 Å². The van der Waals surface area contributed by atoms with Crippen molar-refractivity contribution in [3.05, 3.63) is 52.5 Å². The van der Waals surface area contributed by atoms with Gasteiger partial charge >= 0.3 is 0 Å². The second kappa shape index (κ2) is 19.1. The van der Waals surface area contributed by atoms with E-state index in [1.165, 1.54) is 18.8 Å². The molecule has 1 aromatic carbocycles. The van der Waals surface area contributed by atoms with Crippen molar-refractivity contribution in [1.82, 2.24) is 20.4 Å². The Balaban J connectivity index is 1.40. The van der Waals surface area contributed by atoms with E-state index in [2.05, 4.69) is 22.8 Å². The quantitative estimate of drug-likeness (QED) is 0.0963. The summed E-state index contributed by atoms with van der Waals surface area (Å²) in [5.74, 6) is -0.134. The number of methoxy groups -OCH3 is 2. The Labute approximate surface area is 275 Å². The van der Waals surface area contributed by atoms with E-state index in [0.717, 1.165) is 19.3 Å². The van der Waals surface area contributed by atoms with Crippen LogP contribution >= 0.6 is 0 Å². The van der Waals surface area contributed by atoms with Crippen LogP contribution in [0.1, 0.15) is 76.8 Å². The molecule has 5 atom stereocenters. The lowest BCUT2D eigenvalue weighted by molar-refractivity contribution is -0.199. The number of hydrazine groups is 1. The van der Waals surface area contributed by atoms with Gasteiger partial charge < -0.3 is 34.1 Å². The second-order valence-electron chi connectivity index (χ2n) is 11.8. The molecule has 1 unspecified atom stereocenters. The lowest BCUT2D eigenvalue weighted by Crippen LogP contribution is -2.43. The number of carbonyl (C=O) groups is 2. The summed E-state index contributed by atoms with van der Waals surface area (Å²) in [5, 5.41) is 30.7. The number of aromatic nitrogens is 2. The van der Waals surface area contributed by atoms with Crippen LogP contribution in [0, 0.1) is 5.92 Å². The van der Waals surface area contributed by atoms with Crippen LogP contribution in [0.25, 0.3) is 11.0 Å². The van der Waals surface area contributed by atoms with Gasteiger partial charge in [0, 0.05) is 50.8 Å². The molecule has 13 nitrogen and oxygen atoms in total. The number of ether oxygens (including phenoxy) is 3. The predicted octanol–water partition coefficient (Wildman–Crippen LogP) is 2.73. The Bertz CT molecular complexity index is 1440. The van der Waals surface area contributed by atoms with E-state index in [0.29, 0.717) is 48.2 Å². The standard InChI is InChI=1S/C34H50N4O9/c1-5-6-9-12-22(39)15-17-28-23(27(40)21-33(43)47-28)13-10-7-8-11-14-31(41)36-37-32(42)18-16-24-34(44)38(2)26-20-30(46-4)29(45-3)19-25(26)35-24/h7,10,15,17,19-20,22-23,27-28,33,39-40,43H,5-6,8-9,11-14,16,18,21H2,1-4H3,(H,36,41)(H,37,42)/b10-7+,17-15+/t22-,23-,27-,28+,33?/m0/s1. The Morgan fingerprint density at radius 2 is 1.79 bits per heavy atom. The van der Waals surface area contributed by atoms with Crippen LogP contribution in [0.15, 0.2) is 41.2 Å². The van der Waals surface area contributed by atoms with E-state index in [1.54, 1.807) is 31.3 Å². The molecule has 2 heterocycles. The van der Waals surface area contributed by atoms with Crippen LogP contribution in [0.5, 0.6) is 11.5 Å². The molecule has 1 fully saturated rings. The number of carbonyl (C=O) groups excluding carboxylic acids is 2. The zero-order chi connectivity index (χ0) is 34.3. The van der Waals surface area contributed by atoms with Crippen LogP contribution in [0.2, 0.25) is 0 Å². The van der Waals surface area contributed by atoms with Crippen LogP contribution in [0.3, 0.4) is 0 Å². The minimum atomic E-state index is -1.06. The number of hydrogen-bond acceptors (Lipinski definition) is 10. The lowest BCUT2D eigenvalue weighted by Gasteiger charge is -2.36. The van der Waals surface area contributed by atoms with Gasteiger partial charge in [0.1, 0.15) is 5.69 Å². The van der Waals surface area contributed by atoms with E-state index in [-0.39, 0.29) is 48.8 Å². The highest BCUT2D eigenvalue weighted by Crippen LogP contribution is 2.31. The number of fused-ring (bicyclic) bond motifs is 1. The molecule has 0 radical (unpaired) electrons. The molecule has 1 aliphatic rings. The van der Waals surface area contributed by atoms with Gasteiger partial charge in [-0.25, -0.2) is 4.98 Å². The third kappa shape index (κ3) is 11.5. The van der Waals surface area contributed by atoms with E-state index >= 15 is 0 Å². The number of nitrogens with zero attached hydrogens (tertiary/aromatic N) is 2. The first kappa shape index (κ1) is 37.7. The molecule has 5 N–H and O–H groups in total. The van der Waals surface area contributed by atoms with Crippen molar-refractivity contribution >= 4 is 22.8 Å². The Kier molecular flexibility index (Phi) is 15.3. The number of aryl methyl sites for hydroxylation is 2. The molecule has 2 aromatic rings. The number of amides is 2. The van der Waals surface area contributed by atoms with Crippen molar-refractivity contribution in [3.8, 4) is 11.5 Å². The van der Waals surface area contributed by atoms with Crippen molar-refractivity contribution in [1.29, 1.82) is 0 Å². The molecule has 0 aliphatic carbocycles. The van der Waals surface area contributed by atoms with Gasteiger partial charge in [-0.2, -0.15) is 0 Å². The summed E-state index contributed by atoms with van der Waals surface area (Å²) in [6.07, 6.45) is 10.0. The maximum absolute atomic E-state index is 12.8. The zero-order valence-electron chi connectivity index (χ0n) is 27.8. The molecule has 1 aromatic heterocycles. The van der Waals surface area contributed by atoms with Crippen LogP contribution in [-0.4, -0.2) is 75.5 Å². The fraction of sp³-hybridized carbons (Fsp3) is 0.588. The molecule has 0 bridgehead atoms. The molecule has 3 rings (SSSR count). The maximum atomic E-state index is 12.8. The third-order valence-corrected chi connectivity index (χ3v) is 8.23. The van der Waals surface area contributed by atoms with Gasteiger partial charge in [-0.05, 0) is 25.7 Å². The van der Waals surface area contributed by atoms with Gasteiger partial charge in [-0.15, -0.1) is 0 Å². The molecule has 1 saturated heterocycles. The van der Waals surface area contributed by atoms with E-state index in [4.69, 9.17) is 14.2 Å². The average Bonchev–Trinajstić information content (AvgIpc) is 3.05. The van der Waals surface area contributed by atoms with Crippen LogP contribution in [-0.2, 0) is 27.8 Å². The highest BCUT2D eigenvalue weighted by atomic mass is 16.6. The topological polar surface area (TPSA) is 181 Å². The Morgan fingerprint density at radius 3 is 2.49 bits per heavy atom. The van der Waals surface area contributed by atoms with Crippen molar-refractivity contribution in [2.45, 2.75) is 102 Å². The van der Waals surface area contributed by atoms with Crippen LogP contribution < -0.4 is 25.9 Å². The minimum Gasteiger partial charge on any atom is -0.493 e. The molecular weight excluding hydrogens is 608 g/mol. The summed E-state index contributed by atoms with van der Waals surface area (Å²) in [6, 6.07) is 3.34. The SMILES string of the molecule is CCCCC[C@H](O)/C=C/[C@H]1OC(O)C[C@H](O)[C@@H]1C/C=C/CCCC(=O)NNC(=O)CCc1nc2cc(OC)c(OC)cc2n(C)c1=O. The molecular formula is C34H50N4O9. The Hall–Kier alpha value is -3.78. The summed E-state index contributed by atoms with van der Waals surface area (Å²) < 4.78 is 17.7. The molecule has 0 saturated carbocycles. The van der Waals surface area contributed by atoms with E-state index in [1.807, 2.05) is 12.2 Å². The third-order valence-electron chi connectivity index (χ3n) is 8.23. The van der Waals surface area contributed by atoms with Gasteiger partial charge in [0.2, 0.25) is 11.8 Å². The number of aliphatic hydroxyl groups excluding tert-OH is 3. The molecule has 1 aliphatic heterocycles. The fourth-order valence-corrected chi connectivity index (χ4v) is 5.48. The molecule has 13 heteroatoms. The maximum Gasteiger partial charge on any atom is 0.272 e. The first-order valence-electron chi connectivity index (χ1n) is 16.3. The van der Waals surface area contributed by atoms with Crippen molar-refractivity contribution in [2.75, 3.05) is 14.2 Å². The van der Waals surface area contributed by atoms with E-state index < -0.39 is 30.5 Å². The smallest absolute Gasteiger partial charge is 0.272 e. The summed E-state index contributed by atoms with van der Waals surface area (Å²) >= 11 is 0. The second-order valence-corrected chi connectivity index (χ2v) is 11.8. The summed E-state index contributed by atoms with van der Waals surface area (Å²) in [6.45, 7) is 2.10. The highest BCUT2D eigenvalue weighted by molar-refractivity contribution is 5.82. The van der Waals surface area contributed by atoms with E-state index in [9.17, 15) is 29.7 Å². The van der Waals surface area contributed by atoms with Gasteiger partial charge in [0.05, 0.1) is 43.6 Å². The average molecular weight is 659 g/mol. The highest BCUT2D eigenvalue weighted by Gasteiger charge is 2.35. The molecule has 260 valence electrons. The molecule has 47 heavy (non-hydrogen) atoms. The van der Waals surface area contributed by atoms with Gasteiger partial charge in [-0.1, -0.05) is 50.5 Å². The van der Waals surface area contributed by atoms with Crippen molar-refractivity contribution in [3.63, 3.8) is 0 Å². The fourth-order valence-electron chi connectivity index (χ4n) is 5.48. The lowest BCUT2D eigenvalue weighted by atomic mass is 9.87. The Morgan fingerprint density at radius 1 is 1.09 bits per heavy atom. The number of benzene rings is 1. The zero-order valence-corrected chi connectivity index (χ0v) is 27.8. The summed E-state index contributed by atoms with van der Waals surface area (Å²) in [7, 11) is 4.63. The van der Waals surface area contributed by atoms with Crippen molar-refractivity contribution in [2.24, 2.45) is 13.0 Å². The normalized spacial score (nSPS) is 20.5. The monoisotopic (exact) mass is 658 g/mol. The minimum absolute atomic E-state index is 0.0498. The molecule has 0 spiro atoms. The summed E-state index contributed by atoms with van der Waals surface area (Å²) in [4.78, 5) is 41.9. The first-order chi connectivity index (χ1) is 22.6. The number of allylic oxidation sites excluding steroid dienone is 2. The summed E-state index contributed by atoms with van der Waals surface area (Å²) in [5.41, 5.74) is 5.75. The number of unbranched alkanes of at least 4 members (excludes halogenated alkanes) is 3. The number of hydrogen-bond donors (Lipinski definition) is 5. The van der Waals surface area contributed by atoms with Crippen molar-refractivity contribution < 1.29 is 39.1 Å². The molecule has 2 amide bonds.